The molecule has 4 nitrogen and oxygen atoms in total. The maximum atomic E-state index is 12.1. The summed E-state index contributed by atoms with van der Waals surface area (Å²) >= 11 is 5.98. The maximum Gasteiger partial charge on any atom is 0.262 e. The lowest BCUT2D eigenvalue weighted by Gasteiger charge is -2.26. The molecule has 0 radical (unpaired) electrons. The number of amides is 2. The van der Waals surface area contributed by atoms with E-state index in [9.17, 15) is 9.59 Å². The van der Waals surface area contributed by atoms with Gasteiger partial charge in [-0.25, -0.2) is 0 Å². The van der Waals surface area contributed by atoms with Gasteiger partial charge in [-0.2, -0.15) is 0 Å². The summed E-state index contributed by atoms with van der Waals surface area (Å²) in [5, 5.41) is 2.05. The van der Waals surface area contributed by atoms with Crippen LogP contribution in [0.2, 0.25) is 5.02 Å². The van der Waals surface area contributed by atoms with Crippen molar-refractivity contribution in [2.45, 2.75) is 32.6 Å². The van der Waals surface area contributed by atoms with Crippen LogP contribution in [0.4, 0.5) is 0 Å². The van der Waals surface area contributed by atoms with E-state index in [-0.39, 0.29) is 11.8 Å². The van der Waals surface area contributed by atoms with Gasteiger partial charge in [0.05, 0.1) is 0 Å². The SMILES string of the molecule is CC/C(=C\C(=O)NN1CCCCC1=O)c1cccc(Cl)c1. The van der Waals surface area contributed by atoms with Gasteiger partial charge in [-0.3, -0.25) is 20.0 Å². The summed E-state index contributed by atoms with van der Waals surface area (Å²) < 4.78 is 0. The van der Waals surface area contributed by atoms with Crippen LogP contribution in [0, 0.1) is 0 Å². The Balaban J connectivity index is 2.08. The summed E-state index contributed by atoms with van der Waals surface area (Å²) in [5.41, 5.74) is 4.46. The van der Waals surface area contributed by atoms with E-state index < -0.39 is 0 Å². The first-order valence-electron chi connectivity index (χ1n) is 7.17. The topological polar surface area (TPSA) is 49.4 Å². The number of nitrogens with one attached hydrogen (secondary N) is 1. The molecule has 0 spiro atoms. The second kappa shape index (κ2) is 7.27. The van der Waals surface area contributed by atoms with Gasteiger partial charge in [0.2, 0.25) is 5.91 Å². The van der Waals surface area contributed by atoms with E-state index in [0.29, 0.717) is 24.4 Å². The molecule has 0 aromatic heterocycles. The Labute approximate surface area is 129 Å². The zero-order chi connectivity index (χ0) is 15.2. The molecule has 21 heavy (non-hydrogen) atoms. The van der Waals surface area contributed by atoms with Crippen LogP contribution in [0.3, 0.4) is 0 Å². The van der Waals surface area contributed by atoms with Gasteiger partial charge in [-0.15, -0.1) is 0 Å². The average Bonchev–Trinajstić information content (AvgIpc) is 2.47. The Kier molecular flexibility index (Phi) is 5.39. The monoisotopic (exact) mass is 306 g/mol. The molecule has 1 fully saturated rings. The number of piperidine rings is 1. The molecule has 0 saturated carbocycles. The van der Waals surface area contributed by atoms with Crippen LogP contribution < -0.4 is 5.43 Å². The first-order chi connectivity index (χ1) is 10.1. The second-order valence-corrected chi connectivity index (χ2v) is 5.45. The molecule has 1 aliphatic heterocycles. The van der Waals surface area contributed by atoms with Gasteiger partial charge >= 0.3 is 0 Å². The fourth-order valence-electron chi connectivity index (χ4n) is 2.33. The number of hydrogen-bond acceptors (Lipinski definition) is 2. The number of allylic oxidation sites excluding steroid dienone is 1. The second-order valence-electron chi connectivity index (χ2n) is 5.01. The number of halogens is 1. The Hall–Kier alpha value is -1.81. The summed E-state index contributed by atoms with van der Waals surface area (Å²) in [6.07, 6.45) is 4.56. The van der Waals surface area contributed by atoms with E-state index in [2.05, 4.69) is 5.43 Å². The highest BCUT2D eigenvalue weighted by atomic mass is 35.5. The highest BCUT2D eigenvalue weighted by Gasteiger charge is 2.19. The fourth-order valence-corrected chi connectivity index (χ4v) is 2.52. The predicted octanol–water partition coefficient (Wildman–Crippen LogP) is 3.18. The van der Waals surface area contributed by atoms with Crippen molar-refractivity contribution >= 4 is 29.0 Å². The summed E-state index contributed by atoms with van der Waals surface area (Å²) in [4.78, 5) is 23.7. The summed E-state index contributed by atoms with van der Waals surface area (Å²) in [5.74, 6) is -0.300. The predicted molar refractivity (Wildman–Crippen MR) is 83.4 cm³/mol. The minimum Gasteiger partial charge on any atom is -0.273 e. The molecule has 0 unspecified atom stereocenters. The van der Waals surface area contributed by atoms with Gasteiger partial charge in [-0.1, -0.05) is 30.7 Å². The van der Waals surface area contributed by atoms with Crippen molar-refractivity contribution in [3.8, 4) is 0 Å². The van der Waals surface area contributed by atoms with Crippen molar-refractivity contribution < 1.29 is 9.59 Å². The number of nitrogens with zero attached hydrogens (tertiary/aromatic N) is 1. The third-order valence-corrected chi connectivity index (χ3v) is 3.69. The minimum atomic E-state index is -0.276. The Morgan fingerprint density at radius 2 is 2.24 bits per heavy atom. The Morgan fingerprint density at radius 1 is 1.43 bits per heavy atom. The number of carbonyl (C=O) groups is 2. The lowest BCUT2D eigenvalue weighted by Crippen LogP contribution is -2.47. The number of carbonyl (C=O) groups excluding carboxylic acids is 2. The quantitative estimate of drug-likeness (QED) is 0.869. The molecule has 1 heterocycles. The number of benzene rings is 1. The zero-order valence-electron chi connectivity index (χ0n) is 12.1. The Bertz CT molecular complexity index is 569. The highest BCUT2D eigenvalue weighted by Crippen LogP contribution is 2.21. The third-order valence-electron chi connectivity index (χ3n) is 3.45. The van der Waals surface area contributed by atoms with Gasteiger partial charge < -0.3 is 0 Å². The maximum absolute atomic E-state index is 12.1. The molecular formula is C16H19ClN2O2. The number of hydrazine groups is 1. The molecule has 2 amide bonds. The third kappa shape index (κ3) is 4.33. The van der Waals surface area contributed by atoms with Gasteiger partial charge in [0.15, 0.2) is 0 Å². The molecule has 0 aliphatic carbocycles. The molecule has 1 N–H and O–H groups in total. The molecule has 1 aliphatic rings. The van der Waals surface area contributed by atoms with Crippen LogP contribution in [0.15, 0.2) is 30.3 Å². The van der Waals surface area contributed by atoms with E-state index in [1.54, 1.807) is 6.07 Å². The van der Waals surface area contributed by atoms with E-state index in [1.165, 1.54) is 11.1 Å². The molecule has 0 atom stereocenters. The molecular weight excluding hydrogens is 288 g/mol. The zero-order valence-corrected chi connectivity index (χ0v) is 12.8. The van der Waals surface area contributed by atoms with E-state index in [1.807, 2.05) is 25.1 Å². The minimum absolute atomic E-state index is 0.0243. The first-order valence-corrected chi connectivity index (χ1v) is 7.55. The van der Waals surface area contributed by atoms with Crippen LogP contribution in [0.1, 0.15) is 38.2 Å². The molecule has 1 saturated heterocycles. The van der Waals surface area contributed by atoms with Crippen LogP contribution in [0.25, 0.3) is 5.57 Å². The largest absolute Gasteiger partial charge is 0.273 e. The molecule has 2 rings (SSSR count). The number of rotatable bonds is 4. The van der Waals surface area contributed by atoms with Gasteiger partial charge in [0.1, 0.15) is 0 Å². The first kappa shape index (κ1) is 15.6. The summed E-state index contributed by atoms with van der Waals surface area (Å²) in [6.45, 7) is 2.56. The van der Waals surface area contributed by atoms with Gasteiger partial charge in [0.25, 0.3) is 5.91 Å². The Morgan fingerprint density at radius 3 is 2.90 bits per heavy atom. The van der Waals surface area contributed by atoms with Crippen LogP contribution in [-0.4, -0.2) is 23.4 Å². The summed E-state index contributed by atoms with van der Waals surface area (Å²) in [7, 11) is 0. The standard InChI is InChI=1S/C16H19ClN2O2/c1-2-12(13-6-5-7-14(17)10-13)11-15(20)18-19-9-4-3-8-16(19)21/h5-7,10-11H,2-4,8-9H2,1H3,(H,18,20)/b12-11+. The van der Waals surface area contributed by atoms with Crippen molar-refractivity contribution in [2.24, 2.45) is 0 Å². The van der Waals surface area contributed by atoms with E-state index >= 15 is 0 Å². The molecule has 5 heteroatoms. The molecule has 0 bridgehead atoms. The van der Waals surface area contributed by atoms with E-state index in [4.69, 9.17) is 11.6 Å². The van der Waals surface area contributed by atoms with Crippen molar-refractivity contribution in [1.82, 2.24) is 10.4 Å². The average molecular weight is 307 g/mol. The van der Waals surface area contributed by atoms with Crippen molar-refractivity contribution in [2.75, 3.05) is 6.54 Å². The smallest absolute Gasteiger partial charge is 0.262 e. The normalized spacial score (nSPS) is 16.0. The fraction of sp³-hybridized carbons (Fsp3) is 0.375. The van der Waals surface area contributed by atoms with Crippen LogP contribution >= 0.6 is 11.6 Å². The lowest BCUT2D eigenvalue weighted by molar-refractivity contribution is -0.141. The molecule has 1 aromatic rings. The highest BCUT2D eigenvalue weighted by molar-refractivity contribution is 6.30. The van der Waals surface area contributed by atoms with Crippen LogP contribution in [0.5, 0.6) is 0 Å². The van der Waals surface area contributed by atoms with Crippen molar-refractivity contribution in [3.63, 3.8) is 0 Å². The van der Waals surface area contributed by atoms with Gasteiger partial charge in [-0.05, 0) is 42.5 Å². The molecule has 112 valence electrons. The summed E-state index contributed by atoms with van der Waals surface area (Å²) in [6, 6.07) is 7.40. The number of hydrogen-bond donors (Lipinski definition) is 1. The molecule has 1 aromatic carbocycles. The van der Waals surface area contributed by atoms with Crippen molar-refractivity contribution in [1.29, 1.82) is 0 Å². The van der Waals surface area contributed by atoms with Crippen molar-refractivity contribution in [3.05, 3.63) is 40.9 Å². The van der Waals surface area contributed by atoms with Gasteiger partial charge in [0, 0.05) is 24.1 Å². The van der Waals surface area contributed by atoms with E-state index in [0.717, 1.165) is 24.0 Å². The van der Waals surface area contributed by atoms with Crippen LogP contribution in [-0.2, 0) is 9.59 Å². The lowest BCUT2D eigenvalue weighted by atomic mass is 10.0.